The van der Waals surface area contributed by atoms with Gasteiger partial charge in [-0.1, -0.05) is 48.0 Å². The van der Waals surface area contributed by atoms with E-state index < -0.39 is 22.0 Å². The second-order valence-electron chi connectivity index (χ2n) is 7.51. The summed E-state index contributed by atoms with van der Waals surface area (Å²) in [7, 11) is -4.25. The van der Waals surface area contributed by atoms with Crippen molar-refractivity contribution in [1.29, 1.82) is 5.26 Å². The molecule has 0 radical (unpaired) electrons. The first-order chi connectivity index (χ1) is 17.8. The molecule has 2 N–H and O–H groups in total. The lowest BCUT2D eigenvalue weighted by molar-refractivity contribution is -0.133. The molecule has 37 heavy (non-hydrogen) atoms. The molecule has 1 aromatic heterocycles. The zero-order valence-corrected chi connectivity index (χ0v) is 20.5. The number of carbonyl (C=O) groups excluding carboxylic acids is 2. The van der Waals surface area contributed by atoms with Crippen molar-refractivity contribution in [2.45, 2.75) is 11.3 Å². The van der Waals surface area contributed by atoms with Gasteiger partial charge in [-0.3, -0.25) is 10.1 Å². The number of para-hydroxylation sites is 2. The highest BCUT2D eigenvalue weighted by Crippen LogP contribution is 2.25. The minimum Gasteiger partial charge on any atom is -0.426 e. The Labute approximate surface area is 217 Å². The first-order valence-electron chi connectivity index (χ1n) is 10.7. The van der Waals surface area contributed by atoms with E-state index in [0.717, 1.165) is 0 Å². The Kier molecular flexibility index (Phi) is 7.52. The molecule has 0 aliphatic carbocycles. The van der Waals surface area contributed by atoms with E-state index in [4.69, 9.17) is 16.3 Å². The third-order valence-electron chi connectivity index (χ3n) is 4.94. The predicted octanol–water partition coefficient (Wildman–Crippen LogP) is 4.06. The van der Waals surface area contributed by atoms with Crippen molar-refractivity contribution in [3.8, 4) is 17.5 Å². The average Bonchev–Trinajstić information content (AvgIpc) is 3.21. The fourth-order valence-electron chi connectivity index (χ4n) is 3.30. The Morgan fingerprint density at radius 1 is 0.973 bits per heavy atom. The number of nitrogens with one attached hydrogen (secondary N) is 2. The van der Waals surface area contributed by atoms with Gasteiger partial charge >= 0.3 is 12.0 Å². The van der Waals surface area contributed by atoms with E-state index in [9.17, 15) is 23.3 Å². The molecule has 0 bridgehead atoms. The lowest BCUT2D eigenvalue weighted by Crippen LogP contribution is -2.35. The van der Waals surface area contributed by atoms with E-state index in [1.165, 1.54) is 28.9 Å². The number of urea groups is 1. The number of sulfonamides is 1. The maximum absolute atomic E-state index is 12.7. The van der Waals surface area contributed by atoms with Crippen LogP contribution in [0.4, 0.5) is 10.6 Å². The van der Waals surface area contributed by atoms with Crippen LogP contribution >= 0.6 is 11.6 Å². The summed E-state index contributed by atoms with van der Waals surface area (Å²) in [5.41, 5.74) is 0.355. The molecule has 0 saturated carbocycles. The highest BCUT2D eigenvalue weighted by molar-refractivity contribution is 7.90. The molecular weight excluding hydrogens is 518 g/mol. The minimum atomic E-state index is -4.25. The lowest BCUT2D eigenvalue weighted by Gasteiger charge is -2.11. The van der Waals surface area contributed by atoms with Gasteiger partial charge in [0, 0.05) is 5.02 Å². The molecule has 186 valence electrons. The van der Waals surface area contributed by atoms with Crippen LogP contribution in [0.25, 0.3) is 5.69 Å². The number of carbonyl (C=O) groups is 2. The standard InChI is InChI=1S/C25H18ClN5O5S/c26-17-11-13-20(14-12-17)37(34,35)30-25(33)28-24-21(16-27)22(29-31(24)18-7-3-1-4-8-18)15-23(32)36-19-9-5-2-6-10-19/h1-14H,15H2,(H2,28,30,33). The van der Waals surface area contributed by atoms with E-state index >= 15 is 0 Å². The second kappa shape index (κ2) is 10.9. The molecule has 0 aliphatic heterocycles. The van der Waals surface area contributed by atoms with Crippen LogP contribution in [0.5, 0.6) is 5.75 Å². The van der Waals surface area contributed by atoms with Crippen LogP contribution in [-0.2, 0) is 21.2 Å². The quantitative estimate of drug-likeness (QED) is 0.268. The minimum absolute atomic E-state index is 0.0307. The molecule has 0 unspecified atom stereocenters. The molecule has 1 heterocycles. The summed E-state index contributed by atoms with van der Waals surface area (Å²) in [4.78, 5) is 25.1. The number of ether oxygens (including phenoxy) is 1. The van der Waals surface area contributed by atoms with Gasteiger partial charge in [0.2, 0.25) is 0 Å². The van der Waals surface area contributed by atoms with E-state index in [0.29, 0.717) is 16.5 Å². The van der Waals surface area contributed by atoms with Crippen molar-refractivity contribution >= 4 is 39.4 Å². The van der Waals surface area contributed by atoms with Gasteiger partial charge in [-0.2, -0.15) is 10.4 Å². The van der Waals surface area contributed by atoms with E-state index in [-0.39, 0.29) is 28.4 Å². The van der Waals surface area contributed by atoms with Crippen LogP contribution in [0.15, 0.2) is 89.8 Å². The molecule has 3 aromatic carbocycles. The predicted molar refractivity (Wildman–Crippen MR) is 135 cm³/mol. The van der Waals surface area contributed by atoms with Gasteiger partial charge < -0.3 is 4.74 Å². The summed E-state index contributed by atoms with van der Waals surface area (Å²) < 4.78 is 33.6. The van der Waals surface area contributed by atoms with Crippen molar-refractivity contribution < 1.29 is 22.7 Å². The number of rotatable bonds is 7. The normalized spacial score (nSPS) is 10.8. The van der Waals surface area contributed by atoms with Gasteiger partial charge in [0.05, 0.1) is 22.7 Å². The number of esters is 1. The molecule has 0 fully saturated rings. The molecule has 4 aromatic rings. The lowest BCUT2D eigenvalue weighted by atomic mass is 10.2. The Bertz CT molecular complexity index is 1580. The molecule has 2 amide bonds. The molecule has 0 saturated heterocycles. The van der Waals surface area contributed by atoms with Gasteiger partial charge in [-0.15, -0.1) is 0 Å². The fourth-order valence-corrected chi connectivity index (χ4v) is 4.33. The molecule has 4 rings (SSSR count). The van der Waals surface area contributed by atoms with Gasteiger partial charge in [0.25, 0.3) is 10.0 Å². The monoisotopic (exact) mass is 535 g/mol. The highest BCUT2D eigenvalue weighted by atomic mass is 35.5. The van der Waals surface area contributed by atoms with Gasteiger partial charge in [-0.05, 0) is 48.5 Å². The van der Waals surface area contributed by atoms with Gasteiger partial charge in [0.1, 0.15) is 17.4 Å². The molecule has 12 heteroatoms. The summed E-state index contributed by atoms with van der Waals surface area (Å²) in [6.07, 6.45) is -0.378. The molecule has 0 atom stereocenters. The maximum Gasteiger partial charge on any atom is 0.334 e. The first kappa shape index (κ1) is 25.4. The Hall–Kier alpha value is -4.66. The third kappa shape index (κ3) is 6.13. The Morgan fingerprint density at radius 3 is 2.22 bits per heavy atom. The average molecular weight is 536 g/mol. The van der Waals surface area contributed by atoms with Crippen LogP contribution in [0.3, 0.4) is 0 Å². The zero-order chi connectivity index (χ0) is 26.4. The van der Waals surface area contributed by atoms with Gasteiger partial charge in [0.15, 0.2) is 5.82 Å². The van der Waals surface area contributed by atoms with Crippen molar-refractivity contribution in [2.24, 2.45) is 0 Å². The van der Waals surface area contributed by atoms with E-state index in [2.05, 4.69) is 10.4 Å². The van der Waals surface area contributed by atoms with Crippen LogP contribution < -0.4 is 14.8 Å². The summed E-state index contributed by atoms with van der Waals surface area (Å²) in [5.74, 6) is -0.486. The second-order valence-corrected chi connectivity index (χ2v) is 9.63. The number of anilines is 1. The fraction of sp³-hybridized carbons (Fsp3) is 0.0400. The number of hydrogen-bond donors (Lipinski definition) is 2. The van der Waals surface area contributed by atoms with Crippen LogP contribution in [0.2, 0.25) is 5.02 Å². The highest BCUT2D eigenvalue weighted by Gasteiger charge is 2.25. The molecule has 0 spiro atoms. The van der Waals surface area contributed by atoms with Crippen LogP contribution in [0.1, 0.15) is 11.3 Å². The Balaban J connectivity index is 1.63. The number of halogens is 1. The smallest absolute Gasteiger partial charge is 0.334 e. The number of hydrogen-bond acceptors (Lipinski definition) is 7. The third-order valence-corrected chi connectivity index (χ3v) is 6.54. The van der Waals surface area contributed by atoms with Crippen LogP contribution in [-0.4, -0.2) is 30.2 Å². The maximum atomic E-state index is 12.7. The number of amides is 2. The van der Waals surface area contributed by atoms with Crippen LogP contribution in [0, 0.1) is 11.3 Å². The summed E-state index contributed by atoms with van der Waals surface area (Å²) in [6.45, 7) is 0. The SMILES string of the molecule is N#Cc1c(CC(=O)Oc2ccccc2)nn(-c2ccccc2)c1NC(=O)NS(=O)(=O)c1ccc(Cl)cc1. The van der Waals surface area contributed by atoms with E-state index in [1.807, 2.05) is 10.8 Å². The summed E-state index contributed by atoms with van der Waals surface area (Å²) >= 11 is 5.80. The number of nitrogens with zero attached hydrogens (tertiary/aromatic N) is 3. The van der Waals surface area contributed by atoms with Crippen molar-refractivity contribution in [3.05, 3.63) is 101 Å². The number of benzene rings is 3. The summed E-state index contributed by atoms with van der Waals surface area (Å²) in [6, 6.07) is 22.9. The van der Waals surface area contributed by atoms with Crippen molar-refractivity contribution in [2.75, 3.05) is 5.32 Å². The molecule has 0 aliphatic rings. The zero-order valence-electron chi connectivity index (χ0n) is 19.0. The first-order valence-corrected chi connectivity index (χ1v) is 12.6. The van der Waals surface area contributed by atoms with Gasteiger partial charge in [-0.25, -0.2) is 22.6 Å². The topological polar surface area (TPSA) is 143 Å². The Morgan fingerprint density at radius 2 is 1.59 bits per heavy atom. The molecule has 10 nitrogen and oxygen atoms in total. The van der Waals surface area contributed by atoms with Crippen molar-refractivity contribution in [1.82, 2.24) is 14.5 Å². The summed E-state index contributed by atoms with van der Waals surface area (Å²) in [5, 5.41) is 16.9. The largest absolute Gasteiger partial charge is 0.426 e. The number of aromatic nitrogens is 2. The van der Waals surface area contributed by atoms with E-state index in [1.54, 1.807) is 60.7 Å². The van der Waals surface area contributed by atoms with Crippen molar-refractivity contribution in [3.63, 3.8) is 0 Å². The molecular formula is C25H18ClN5O5S. The number of nitriles is 1.